The van der Waals surface area contributed by atoms with Crippen LogP contribution in [0.2, 0.25) is 0 Å². The second-order valence-electron chi connectivity index (χ2n) is 9.31. The number of allylic oxidation sites excluding steroid dienone is 4. The number of hydrogen-bond donors (Lipinski definition) is 4. The largest absolute Gasteiger partial charge is 0.393 e. The maximum atomic E-state index is 12.4. The predicted octanol–water partition coefficient (Wildman–Crippen LogP) is 0.528. The molecule has 27 heavy (non-hydrogen) atoms. The number of aliphatic hydroxyl groups excluding tert-OH is 3. The number of ketones is 2. The summed E-state index contributed by atoms with van der Waals surface area (Å²) in [4.78, 5) is 24.2. The number of hydrogen-bond acceptors (Lipinski definition) is 6. The summed E-state index contributed by atoms with van der Waals surface area (Å²) in [6.45, 7) is 2.96. The van der Waals surface area contributed by atoms with Crippen LogP contribution in [0.4, 0.5) is 0 Å². The SMILES string of the molecule is CC12C=CC(=O)C=C1CCC1C2[C@@H](O)CC2(C)C1C[C@@H](O)[C@]2(O)C(=O)CO. The Morgan fingerprint density at radius 3 is 2.67 bits per heavy atom. The minimum atomic E-state index is -2.05. The van der Waals surface area contributed by atoms with Gasteiger partial charge in [-0.05, 0) is 49.7 Å². The first-order valence-electron chi connectivity index (χ1n) is 9.76. The van der Waals surface area contributed by atoms with Gasteiger partial charge in [0.15, 0.2) is 17.2 Å². The van der Waals surface area contributed by atoms with E-state index in [1.807, 2.05) is 13.0 Å². The molecule has 4 aliphatic rings. The molecule has 0 heterocycles. The first-order chi connectivity index (χ1) is 12.6. The highest BCUT2D eigenvalue weighted by Gasteiger charge is 2.71. The predicted molar refractivity (Wildman–Crippen MR) is 96.4 cm³/mol. The molecule has 0 aromatic rings. The van der Waals surface area contributed by atoms with Crippen LogP contribution in [0.1, 0.15) is 39.5 Å². The van der Waals surface area contributed by atoms with Crippen LogP contribution in [0.3, 0.4) is 0 Å². The van der Waals surface area contributed by atoms with Crippen LogP contribution in [0, 0.1) is 28.6 Å². The van der Waals surface area contributed by atoms with E-state index < -0.39 is 41.0 Å². The normalized spacial score (nSPS) is 51.3. The molecule has 4 aliphatic carbocycles. The molecule has 0 radical (unpaired) electrons. The monoisotopic (exact) mass is 376 g/mol. The van der Waals surface area contributed by atoms with Crippen LogP contribution in [-0.2, 0) is 9.59 Å². The summed E-state index contributed by atoms with van der Waals surface area (Å²) in [5.74, 6) is -1.09. The van der Waals surface area contributed by atoms with E-state index in [-0.39, 0.29) is 36.4 Å². The number of carbonyl (C=O) groups is 2. The highest BCUT2D eigenvalue weighted by atomic mass is 16.4. The number of Topliss-reactive ketones (excluding diaryl/α,β-unsaturated/α-hetero) is 1. The third-order valence-corrected chi connectivity index (χ3v) is 8.28. The van der Waals surface area contributed by atoms with Crippen molar-refractivity contribution in [2.45, 2.75) is 57.3 Å². The molecule has 3 saturated carbocycles. The van der Waals surface area contributed by atoms with Crippen molar-refractivity contribution < 1.29 is 30.0 Å². The van der Waals surface area contributed by atoms with Gasteiger partial charge in [-0.1, -0.05) is 25.5 Å². The van der Waals surface area contributed by atoms with Gasteiger partial charge in [0.2, 0.25) is 0 Å². The summed E-state index contributed by atoms with van der Waals surface area (Å²) in [7, 11) is 0. The van der Waals surface area contributed by atoms with Crippen molar-refractivity contribution in [3.05, 3.63) is 23.8 Å². The van der Waals surface area contributed by atoms with Gasteiger partial charge in [0, 0.05) is 16.7 Å². The Morgan fingerprint density at radius 2 is 2.00 bits per heavy atom. The molecule has 0 bridgehead atoms. The van der Waals surface area contributed by atoms with Crippen molar-refractivity contribution >= 4 is 11.6 Å². The van der Waals surface area contributed by atoms with Crippen LogP contribution in [0.15, 0.2) is 23.8 Å². The molecule has 8 atom stereocenters. The first-order valence-corrected chi connectivity index (χ1v) is 9.76. The van der Waals surface area contributed by atoms with Crippen LogP contribution in [0.5, 0.6) is 0 Å². The van der Waals surface area contributed by atoms with E-state index in [4.69, 9.17) is 0 Å². The summed E-state index contributed by atoms with van der Waals surface area (Å²) >= 11 is 0. The molecule has 0 spiro atoms. The fourth-order valence-electron chi connectivity index (χ4n) is 6.96. The van der Waals surface area contributed by atoms with Gasteiger partial charge in [0.1, 0.15) is 6.61 Å². The first kappa shape index (κ1) is 19.0. The van der Waals surface area contributed by atoms with Crippen molar-refractivity contribution in [3.8, 4) is 0 Å². The number of fused-ring (bicyclic) bond motifs is 5. The molecule has 3 fully saturated rings. The Bertz CT molecular complexity index is 756. The second kappa shape index (κ2) is 5.83. The summed E-state index contributed by atoms with van der Waals surface area (Å²) in [5, 5.41) is 42.3. The average molecular weight is 376 g/mol. The van der Waals surface area contributed by atoms with Crippen molar-refractivity contribution in [3.63, 3.8) is 0 Å². The quantitative estimate of drug-likeness (QED) is 0.559. The molecule has 4 N–H and O–H groups in total. The van der Waals surface area contributed by atoms with E-state index in [1.54, 1.807) is 19.1 Å². The zero-order valence-electron chi connectivity index (χ0n) is 15.8. The van der Waals surface area contributed by atoms with Crippen LogP contribution in [0.25, 0.3) is 0 Å². The van der Waals surface area contributed by atoms with Gasteiger partial charge in [-0.25, -0.2) is 0 Å². The molecule has 0 aromatic carbocycles. The molecule has 6 heteroatoms. The van der Waals surface area contributed by atoms with Gasteiger partial charge in [-0.15, -0.1) is 0 Å². The van der Waals surface area contributed by atoms with Crippen LogP contribution < -0.4 is 0 Å². The Labute approximate surface area is 158 Å². The standard InChI is InChI=1S/C21H28O6/c1-19-6-5-12(23)7-11(19)3-4-13-14-8-16(25)21(27,17(26)10-22)20(14,2)9-15(24)18(13)19/h5-7,13-16,18,22,24-25,27H,3-4,8-10H2,1-2H3/t13?,14?,15-,16+,18?,19?,20?,21-/m0/s1. The van der Waals surface area contributed by atoms with Crippen molar-refractivity contribution in [2.24, 2.45) is 28.6 Å². The Balaban J connectivity index is 1.78. The lowest BCUT2D eigenvalue weighted by Gasteiger charge is -2.59. The topological polar surface area (TPSA) is 115 Å². The molecule has 4 rings (SSSR count). The zero-order valence-corrected chi connectivity index (χ0v) is 15.8. The third kappa shape index (κ3) is 2.21. The fraction of sp³-hybridized carbons (Fsp3) is 0.714. The molecule has 6 nitrogen and oxygen atoms in total. The molecular formula is C21H28O6. The van der Waals surface area contributed by atoms with Crippen molar-refractivity contribution in [1.82, 2.24) is 0 Å². The lowest BCUT2D eigenvalue weighted by molar-refractivity contribution is -0.190. The van der Waals surface area contributed by atoms with E-state index in [2.05, 4.69) is 0 Å². The number of rotatable bonds is 2. The Hall–Kier alpha value is -1.34. The summed E-state index contributed by atoms with van der Waals surface area (Å²) in [6, 6.07) is 0. The maximum absolute atomic E-state index is 12.4. The van der Waals surface area contributed by atoms with E-state index in [0.717, 1.165) is 18.4 Å². The van der Waals surface area contributed by atoms with Gasteiger partial charge >= 0.3 is 0 Å². The highest BCUT2D eigenvalue weighted by molar-refractivity contribution is 6.01. The molecule has 5 unspecified atom stereocenters. The Kier molecular flexibility index (Phi) is 4.10. The lowest BCUT2D eigenvalue weighted by Crippen LogP contribution is -2.63. The molecule has 0 aromatic heterocycles. The van der Waals surface area contributed by atoms with Crippen molar-refractivity contribution in [2.75, 3.05) is 6.61 Å². The summed E-state index contributed by atoms with van der Waals surface area (Å²) in [6.07, 6.45) is 4.97. The van der Waals surface area contributed by atoms with E-state index >= 15 is 0 Å². The van der Waals surface area contributed by atoms with Gasteiger partial charge in [0.25, 0.3) is 0 Å². The third-order valence-electron chi connectivity index (χ3n) is 8.28. The summed E-state index contributed by atoms with van der Waals surface area (Å²) < 4.78 is 0. The van der Waals surface area contributed by atoms with Gasteiger partial charge in [-0.2, -0.15) is 0 Å². The van der Waals surface area contributed by atoms with E-state index in [9.17, 15) is 30.0 Å². The minimum Gasteiger partial charge on any atom is -0.393 e. The fourth-order valence-corrected chi connectivity index (χ4v) is 6.96. The smallest absolute Gasteiger partial charge is 0.192 e. The van der Waals surface area contributed by atoms with Gasteiger partial charge < -0.3 is 20.4 Å². The number of carbonyl (C=O) groups excluding carboxylic acids is 2. The molecule has 148 valence electrons. The molecule has 0 saturated heterocycles. The molecule has 0 aliphatic heterocycles. The highest BCUT2D eigenvalue weighted by Crippen LogP contribution is 2.67. The van der Waals surface area contributed by atoms with Gasteiger partial charge in [0.05, 0.1) is 12.2 Å². The molecule has 0 amide bonds. The zero-order chi connectivity index (χ0) is 19.8. The van der Waals surface area contributed by atoms with Crippen molar-refractivity contribution in [1.29, 1.82) is 0 Å². The van der Waals surface area contributed by atoms with E-state index in [0.29, 0.717) is 0 Å². The minimum absolute atomic E-state index is 0.00826. The second-order valence-corrected chi connectivity index (χ2v) is 9.31. The summed E-state index contributed by atoms with van der Waals surface area (Å²) in [5.41, 5.74) is -2.46. The van der Waals surface area contributed by atoms with Crippen LogP contribution >= 0.6 is 0 Å². The maximum Gasteiger partial charge on any atom is 0.192 e. The van der Waals surface area contributed by atoms with Crippen LogP contribution in [-0.4, -0.2) is 56.4 Å². The average Bonchev–Trinajstić information content (AvgIpc) is 2.82. The van der Waals surface area contributed by atoms with Gasteiger partial charge in [-0.3, -0.25) is 9.59 Å². The molecular weight excluding hydrogens is 348 g/mol. The Morgan fingerprint density at radius 1 is 1.30 bits per heavy atom. The lowest BCUT2D eigenvalue weighted by atomic mass is 9.46. The number of aliphatic hydroxyl groups is 4. The van der Waals surface area contributed by atoms with E-state index in [1.165, 1.54) is 0 Å².